The molecule has 1 N–H and O–H groups in total. The van der Waals surface area contributed by atoms with Crippen molar-refractivity contribution in [3.8, 4) is 22.5 Å². The van der Waals surface area contributed by atoms with Gasteiger partial charge in [-0.25, -0.2) is 4.98 Å². The molecule has 0 bridgehead atoms. The second-order valence-electron chi connectivity index (χ2n) is 4.54. The van der Waals surface area contributed by atoms with Crippen LogP contribution in [0.5, 0.6) is 0 Å². The Morgan fingerprint density at radius 2 is 1.85 bits per heavy atom. The van der Waals surface area contributed by atoms with Crippen LogP contribution in [-0.2, 0) is 0 Å². The van der Waals surface area contributed by atoms with Gasteiger partial charge in [-0.2, -0.15) is 0 Å². The molecule has 4 rings (SSSR count). The van der Waals surface area contributed by atoms with Crippen molar-refractivity contribution in [3.05, 3.63) is 61.1 Å². The summed E-state index contributed by atoms with van der Waals surface area (Å²) in [5.41, 5.74) is 3.89. The maximum absolute atomic E-state index is 5.47. The molecular weight excluding hydrogens is 250 g/mol. The van der Waals surface area contributed by atoms with Gasteiger partial charge in [-0.05, 0) is 17.7 Å². The van der Waals surface area contributed by atoms with Crippen molar-refractivity contribution >= 4 is 11.0 Å². The molecule has 96 valence electrons. The molecule has 0 saturated carbocycles. The second-order valence-corrected chi connectivity index (χ2v) is 4.54. The average molecular weight is 261 g/mol. The molecule has 0 fully saturated rings. The summed E-state index contributed by atoms with van der Waals surface area (Å²) in [5.74, 6) is 0.760. The molecule has 20 heavy (non-hydrogen) atoms. The highest BCUT2D eigenvalue weighted by Crippen LogP contribution is 2.35. The van der Waals surface area contributed by atoms with Gasteiger partial charge in [-0.1, -0.05) is 35.5 Å². The van der Waals surface area contributed by atoms with E-state index in [1.165, 1.54) is 0 Å². The summed E-state index contributed by atoms with van der Waals surface area (Å²) in [6, 6.07) is 14.0. The minimum Gasteiger partial charge on any atom is -0.356 e. The minimum atomic E-state index is 0.760. The lowest BCUT2D eigenvalue weighted by Crippen LogP contribution is -1.79. The van der Waals surface area contributed by atoms with Crippen LogP contribution in [0.15, 0.2) is 65.6 Å². The zero-order chi connectivity index (χ0) is 13.4. The normalized spacial score (nSPS) is 11.0. The van der Waals surface area contributed by atoms with E-state index in [1.807, 2.05) is 48.7 Å². The predicted molar refractivity (Wildman–Crippen MR) is 77.0 cm³/mol. The Bertz CT molecular complexity index is 861. The average Bonchev–Trinajstić information content (AvgIpc) is 3.14. The molecule has 0 aliphatic rings. The van der Waals surface area contributed by atoms with Crippen LogP contribution in [0.1, 0.15) is 0 Å². The Balaban J connectivity index is 1.94. The molecule has 4 nitrogen and oxygen atoms in total. The number of rotatable bonds is 2. The summed E-state index contributed by atoms with van der Waals surface area (Å²) < 4.78 is 5.47. The Labute approximate surface area is 115 Å². The lowest BCUT2D eigenvalue weighted by molar-refractivity contribution is 0.433. The molecule has 0 saturated heterocycles. The van der Waals surface area contributed by atoms with E-state index in [4.69, 9.17) is 4.52 Å². The van der Waals surface area contributed by atoms with Gasteiger partial charge in [0.15, 0.2) is 5.76 Å². The number of aromatic amines is 1. The van der Waals surface area contributed by atoms with E-state index in [9.17, 15) is 0 Å². The zero-order valence-electron chi connectivity index (χ0n) is 10.6. The van der Waals surface area contributed by atoms with Crippen molar-refractivity contribution in [2.24, 2.45) is 0 Å². The quantitative estimate of drug-likeness (QED) is 0.595. The molecule has 4 heteroatoms. The van der Waals surface area contributed by atoms with Crippen LogP contribution in [-0.4, -0.2) is 15.1 Å². The lowest BCUT2D eigenvalue weighted by Gasteiger charge is -2.00. The molecule has 0 aliphatic heterocycles. The Hall–Kier alpha value is -2.88. The minimum absolute atomic E-state index is 0.760. The number of hydrogen-bond acceptors (Lipinski definition) is 3. The molecule has 0 aliphatic carbocycles. The van der Waals surface area contributed by atoms with Crippen molar-refractivity contribution < 1.29 is 4.52 Å². The van der Waals surface area contributed by atoms with Crippen LogP contribution in [0, 0.1) is 0 Å². The predicted octanol–water partition coefficient (Wildman–Crippen LogP) is 3.88. The van der Waals surface area contributed by atoms with E-state index in [0.717, 1.165) is 33.5 Å². The van der Waals surface area contributed by atoms with E-state index < -0.39 is 0 Å². The monoisotopic (exact) mass is 261 g/mol. The SMILES string of the molecule is c1ccc(-c2cnoc2-c2c[nH]c3ncccc23)cc1. The summed E-state index contributed by atoms with van der Waals surface area (Å²) in [4.78, 5) is 7.45. The van der Waals surface area contributed by atoms with Crippen LogP contribution >= 0.6 is 0 Å². The first-order valence-corrected chi connectivity index (χ1v) is 6.36. The maximum atomic E-state index is 5.47. The van der Waals surface area contributed by atoms with Crippen LogP contribution in [0.2, 0.25) is 0 Å². The third kappa shape index (κ3) is 1.62. The van der Waals surface area contributed by atoms with Gasteiger partial charge < -0.3 is 9.51 Å². The fourth-order valence-electron chi connectivity index (χ4n) is 2.40. The van der Waals surface area contributed by atoms with Crippen molar-refractivity contribution in [1.29, 1.82) is 0 Å². The van der Waals surface area contributed by atoms with Crippen LogP contribution in [0.4, 0.5) is 0 Å². The highest BCUT2D eigenvalue weighted by Gasteiger charge is 2.16. The van der Waals surface area contributed by atoms with Crippen molar-refractivity contribution in [2.75, 3.05) is 0 Å². The fourth-order valence-corrected chi connectivity index (χ4v) is 2.40. The van der Waals surface area contributed by atoms with Crippen molar-refractivity contribution in [3.63, 3.8) is 0 Å². The molecule has 3 aromatic heterocycles. The third-order valence-corrected chi connectivity index (χ3v) is 3.35. The van der Waals surface area contributed by atoms with Gasteiger partial charge in [0.25, 0.3) is 0 Å². The molecule has 3 heterocycles. The first-order valence-electron chi connectivity index (χ1n) is 6.36. The van der Waals surface area contributed by atoms with E-state index in [0.29, 0.717) is 0 Å². The van der Waals surface area contributed by atoms with Gasteiger partial charge in [0.1, 0.15) is 5.65 Å². The second kappa shape index (κ2) is 4.35. The fraction of sp³-hybridized carbons (Fsp3) is 0. The number of H-pyrrole nitrogens is 1. The van der Waals surface area contributed by atoms with E-state index >= 15 is 0 Å². The summed E-state index contributed by atoms with van der Waals surface area (Å²) in [7, 11) is 0. The van der Waals surface area contributed by atoms with Crippen molar-refractivity contribution in [2.45, 2.75) is 0 Å². The maximum Gasteiger partial charge on any atom is 0.176 e. The van der Waals surface area contributed by atoms with Crippen LogP contribution in [0.25, 0.3) is 33.5 Å². The molecular formula is C16H11N3O. The smallest absolute Gasteiger partial charge is 0.176 e. The van der Waals surface area contributed by atoms with Crippen LogP contribution < -0.4 is 0 Å². The van der Waals surface area contributed by atoms with E-state index in [2.05, 4.69) is 15.1 Å². The number of aromatic nitrogens is 3. The van der Waals surface area contributed by atoms with E-state index in [1.54, 1.807) is 12.4 Å². The van der Waals surface area contributed by atoms with Crippen LogP contribution in [0.3, 0.4) is 0 Å². The summed E-state index contributed by atoms with van der Waals surface area (Å²) >= 11 is 0. The first kappa shape index (κ1) is 11.0. The number of benzene rings is 1. The Morgan fingerprint density at radius 1 is 0.950 bits per heavy atom. The highest BCUT2D eigenvalue weighted by atomic mass is 16.5. The summed E-state index contributed by atoms with van der Waals surface area (Å²) in [6.07, 6.45) is 5.42. The molecule has 1 aromatic carbocycles. The molecule has 4 aromatic rings. The van der Waals surface area contributed by atoms with Gasteiger partial charge >= 0.3 is 0 Å². The molecule has 0 spiro atoms. The topological polar surface area (TPSA) is 54.7 Å². The Morgan fingerprint density at radius 3 is 2.75 bits per heavy atom. The first-order chi connectivity index (χ1) is 9.93. The number of nitrogens with one attached hydrogen (secondary N) is 1. The van der Waals surface area contributed by atoms with Gasteiger partial charge in [-0.15, -0.1) is 0 Å². The molecule has 0 amide bonds. The lowest BCUT2D eigenvalue weighted by atomic mass is 10.0. The largest absolute Gasteiger partial charge is 0.356 e. The van der Waals surface area contributed by atoms with Gasteiger partial charge in [0, 0.05) is 28.9 Å². The third-order valence-electron chi connectivity index (χ3n) is 3.35. The summed E-state index contributed by atoms with van der Waals surface area (Å²) in [6.45, 7) is 0. The van der Waals surface area contributed by atoms with Crippen molar-refractivity contribution in [1.82, 2.24) is 15.1 Å². The molecule has 0 radical (unpaired) electrons. The number of pyridine rings is 1. The molecule has 0 unspecified atom stereocenters. The zero-order valence-corrected chi connectivity index (χ0v) is 10.6. The van der Waals surface area contributed by atoms with E-state index in [-0.39, 0.29) is 0 Å². The van der Waals surface area contributed by atoms with Gasteiger partial charge in [0.05, 0.1) is 6.20 Å². The standard InChI is InChI=1S/C16H11N3O/c1-2-5-11(6-3-1)13-10-19-20-15(13)14-9-18-16-12(14)7-4-8-17-16/h1-10H,(H,17,18). The number of hydrogen-bond donors (Lipinski definition) is 1. The molecule has 0 atom stereocenters. The van der Waals surface area contributed by atoms with Gasteiger partial charge in [0.2, 0.25) is 0 Å². The highest BCUT2D eigenvalue weighted by molar-refractivity contribution is 5.95. The van der Waals surface area contributed by atoms with Gasteiger partial charge in [-0.3, -0.25) is 0 Å². The summed E-state index contributed by atoms with van der Waals surface area (Å²) in [5, 5.41) is 4.98. The number of fused-ring (bicyclic) bond motifs is 1. The number of nitrogens with zero attached hydrogens (tertiary/aromatic N) is 2. The Kier molecular flexibility index (Phi) is 2.39.